The first-order valence-corrected chi connectivity index (χ1v) is 6.03. The van der Waals surface area contributed by atoms with E-state index in [9.17, 15) is 13.6 Å². The van der Waals surface area contributed by atoms with Crippen LogP contribution in [0.2, 0.25) is 0 Å². The van der Waals surface area contributed by atoms with Crippen LogP contribution in [0.1, 0.15) is 12.8 Å². The average Bonchev–Trinajstić information content (AvgIpc) is 3.07. The maximum absolute atomic E-state index is 13.4. The van der Waals surface area contributed by atoms with E-state index in [0.717, 1.165) is 25.0 Å². The zero-order chi connectivity index (χ0) is 12.4. The predicted octanol–water partition coefficient (Wildman–Crippen LogP) is 2.42. The number of benzene rings is 1. The van der Waals surface area contributed by atoms with E-state index in [4.69, 9.17) is 0 Å². The summed E-state index contributed by atoms with van der Waals surface area (Å²) in [4.78, 5) is 11.4. The van der Waals surface area contributed by atoms with Crippen molar-refractivity contribution in [2.45, 2.75) is 18.9 Å². The molecule has 17 heavy (non-hydrogen) atoms. The maximum Gasteiger partial charge on any atom is 0.238 e. The van der Waals surface area contributed by atoms with Crippen LogP contribution in [0.25, 0.3) is 0 Å². The van der Waals surface area contributed by atoms with Crippen molar-refractivity contribution in [1.82, 2.24) is 5.32 Å². The lowest BCUT2D eigenvalue weighted by Crippen LogP contribution is -2.29. The molecule has 0 radical (unpaired) electrons. The van der Waals surface area contributed by atoms with Crippen LogP contribution in [0.15, 0.2) is 16.6 Å². The summed E-state index contributed by atoms with van der Waals surface area (Å²) in [6.45, 7) is 0.113. The average molecular weight is 305 g/mol. The number of halogens is 3. The van der Waals surface area contributed by atoms with Gasteiger partial charge in [-0.3, -0.25) is 4.79 Å². The van der Waals surface area contributed by atoms with Gasteiger partial charge < -0.3 is 10.6 Å². The highest BCUT2D eigenvalue weighted by Crippen LogP contribution is 2.23. The number of hydrogen-bond donors (Lipinski definition) is 2. The highest BCUT2D eigenvalue weighted by molar-refractivity contribution is 9.10. The largest absolute Gasteiger partial charge is 0.322 e. The lowest BCUT2D eigenvalue weighted by atomic mass is 10.3. The van der Waals surface area contributed by atoms with Gasteiger partial charge >= 0.3 is 0 Å². The lowest BCUT2D eigenvalue weighted by molar-refractivity contribution is -0.115. The minimum atomic E-state index is -0.668. The summed E-state index contributed by atoms with van der Waals surface area (Å²) in [5.74, 6) is -1.66. The molecular formula is C11H11BrF2N2O. The molecule has 1 fully saturated rings. The number of amides is 1. The van der Waals surface area contributed by atoms with E-state index in [0.29, 0.717) is 6.04 Å². The molecule has 0 atom stereocenters. The molecule has 3 nitrogen and oxygen atoms in total. The Morgan fingerprint density at radius 3 is 2.71 bits per heavy atom. The Hall–Kier alpha value is -1.01. The summed E-state index contributed by atoms with van der Waals surface area (Å²) in [5.41, 5.74) is -0.145. The topological polar surface area (TPSA) is 41.1 Å². The molecule has 1 aromatic carbocycles. The fraction of sp³-hybridized carbons (Fsp3) is 0.364. The van der Waals surface area contributed by atoms with Crippen LogP contribution in [-0.2, 0) is 4.79 Å². The molecule has 2 rings (SSSR count). The van der Waals surface area contributed by atoms with Crippen LogP contribution in [0.3, 0.4) is 0 Å². The van der Waals surface area contributed by atoms with E-state index in [1.807, 2.05) is 0 Å². The Kier molecular flexibility index (Phi) is 3.73. The molecule has 0 aromatic heterocycles. The SMILES string of the molecule is O=C(CNC1CC1)Nc1cc(F)c(Br)cc1F. The molecule has 0 aliphatic heterocycles. The smallest absolute Gasteiger partial charge is 0.238 e. The van der Waals surface area contributed by atoms with Crippen LogP contribution in [0.4, 0.5) is 14.5 Å². The first-order chi connectivity index (χ1) is 8.06. The molecule has 92 valence electrons. The van der Waals surface area contributed by atoms with Gasteiger partial charge in [-0.25, -0.2) is 8.78 Å². The summed E-state index contributed by atoms with van der Waals surface area (Å²) in [6.07, 6.45) is 2.13. The number of rotatable bonds is 4. The molecule has 1 aromatic rings. The number of carbonyl (C=O) groups excluding carboxylic acids is 1. The zero-order valence-corrected chi connectivity index (χ0v) is 10.5. The second kappa shape index (κ2) is 5.10. The molecule has 2 N–H and O–H groups in total. The van der Waals surface area contributed by atoms with Gasteiger partial charge in [-0.15, -0.1) is 0 Å². The van der Waals surface area contributed by atoms with Gasteiger partial charge in [0.2, 0.25) is 5.91 Å². The first kappa shape index (κ1) is 12.4. The third kappa shape index (κ3) is 3.47. The summed E-state index contributed by atoms with van der Waals surface area (Å²) in [5, 5.41) is 5.31. The molecule has 0 saturated heterocycles. The number of anilines is 1. The van der Waals surface area contributed by atoms with Crippen molar-refractivity contribution in [2.75, 3.05) is 11.9 Å². The fourth-order valence-electron chi connectivity index (χ4n) is 1.34. The third-order valence-electron chi connectivity index (χ3n) is 2.41. The number of carbonyl (C=O) groups is 1. The van der Waals surface area contributed by atoms with Crippen molar-refractivity contribution < 1.29 is 13.6 Å². The second-order valence-corrected chi connectivity index (χ2v) is 4.80. The van der Waals surface area contributed by atoms with Gasteiger partial charge in [0.1, 0.15) is 11.6 Å². The maximum atomic E-state index is 13.4. The minimum absolute atomic E-state index is 0.0316. The van der Waals surface area contributed by atoms with E-state index < -0.39 is 11.6 Å². The van der Waals surface area contributed by atoms with Crippen LogP contribution < -0.4 is 10.6 Å². The van der Waals surface area contributed by atoms with Gasteiger partial charge in [0.25, 0.3) is 0 Å². The molecule has 0 heterocycles. The number of nitrogens with one attached hydrogen (secondary N) is 2. The van der Waals surface area contributed by atoms with Crippen LogP contribution in [0, 0.1) is 11.6 Å². The Bertz CT molecular complexity index is 449. The highest BCUT2D eigenvalue weighted by Gasteiger charge is 2.21. The van der Waals surface area contributed by atoms with E-state index in [2.05, 4.69) is 26.6 Å². The van der Waals surface area contributed by atoms with Gasteiger partial charge in [-0.05, 0) is 34.8 Å². The van der Waals surface area contributed by atoms with E-state index >= 15 is 0 Å². The third-order valence-corrected chi connectivity index (χ3v) is 3.02. The van der Waals surface area contributed by atoms with E-state index in [-0.39, 0.29) is 22.6 Å². The lowest BCUT2D eigenvalue weighted by Gasteiger charge is -2.07. The minimum Gasteiger partial charge on any atom is -0.322 e. The molecule has 1 saturated carbocycles. The molecular weight excluding hydrogens is 294 g/mol. The standard InChI is InChI=1S/C11H11BrF2N2O/c12-7-3-9(14)10(4-8(7)13)16-11(17)5-15-6-1-2-6/h3-4,6,15H,1-2,5H2,(H,16,17). The zero-order valence-electron chi connectivity index (χ0n) is 8.90. The molecule has 1 amide bonds. The van der Waals surface area contributed by atoms with Crippen LogP contribution in [0.5, 0.6) is 0 Å². The van der Waals surface area contributed by atoms with Gasteiger partial charge in [0.05, 0.1) is 16.7 Å². The quantitative estimate of drug-likeness (QED) is 0.839. The normalized spacial score (nSPS) is 14.8. The van der Waals surface area contributed by atoms with Crippen molar-refractivity contribution >= 4 is 27.5 Å². The highest BCUT2D eigenvalue weighted by atomic mass is 79.9. The molecule has 0 bridgehead atoms. The van der Waals surface area contributed by atoms with Gasteiger partial charge in [-0.1, -0.05) is 0 Å². The Morgan fingerprint density at radius 1 is 1.35 bits per heavy atom. The van der Waals surface area contributed by atoms with Gasteiger partial charge in [0.15, 0.2) is 0 Å². The molecule has 1 aliphatic rings. The molecule has 0 spiro atoms. The number of hydrogen-bond acceptors (Lipinski definition) is 2. The Balaban J connectivity index is 1.96. The summed E-state index contributed by atoms with van der Waals surface area (Å²) >= 11 is 2.86. The Morgan fingerprint density at radius 2 is 2.06 bits per heavy atom. The Labute approximate surface area is 106 Å². The van der Waals surface area contributed by atoms with Crippen LogP contribution >= 0.6 is 15.9 Å². The predicted molar refractivity (Wildman–Crippen MR) is 63.7 cm³/mol. The van der Waals surface area contributed by atoms with Gasteiger partial charge in [-0.2, -0.15) is 0 Å². The monoisotopic (exact) mass is 304 g/mol. The van der Waals surface area contributed by atoms with Crippen molar-refractivity contribution in [3.05, 3.63) is 28.2 Å². The van der Waals surface area contributed by atoms with Gasteiger partial charge in [0, 0.05) is 12.1 Å². The van der Waals surface area contributed by atoms with Crippen molar-refractivity contribution in [3.63, 3.8) is 0 Å². The first-order valence-electron chi connectivity index (χ1n) is 5.24. The van der Waals surface area contributed by atoms with Crippen molar-refractivity contribution in [2.24, 2.45) is 0 Å². The second-order valence-electron chi connectivity index (χ2n) is 3.95. The van der Waals surface area contributed by atoms with Crippen LogP contribution in [-0.4, -0.2) is 18.5 Å². The molecule has 0 unspecified atom stereocenters. The molecule has 6 heteroatoms. The fourth-order valence-corrected chi connectivity index (χ4v) is 1.65. The molecule has 1 aliphatic carbocycles. The summed E-state index contributed by atoms with van der Waals surface area (Å²) < 4.78 is 26.6. The summed E-state index contributed by atoms with van der Waals surface area (Å²) in [6, 6.07) is 2.33. The van der Waals surface area contributed by atoms with E-state index in [1.54, 1.807) is 0 Å². The summed E-state index contributed by atoms with van der Waals surface area (Å²) in [7, 11) is 0. The van der Waals surface area contributed by atoms with E-state index in [1.165, 1.54) is 0 Å². The van der Waals surface area contributed by atoms with Crippen molar-refractivity contribution in [3.8, 4) is 0 Å². The van der Waals surface area contributed by atoms with Crippen molar-refractivity contribution in [1.29, 1.82) is 0 Å².